The van der Waals surface area contributed by atoms with Crippen LogP contribution >= 0.6 is 0 Å². The number of benzene rings is 1. The summed E-state index contributed by atoms with van der Waals surface area (Å²) < 4.78 is 7.63. The Morgan fingerprint density at radius 2 is 2.07 bits per heavy atom. The molecule has 5 rings (SSSR count). The van der Waals surface area contributed by atoms with Gasteiger partial charge in [-0.15, -0.1) is 0 Å². The van der Waals surface area contributed by atoms with Crippen molar-refractivity contribution in [2.75, 3.05) is 24.5 Å². The van der Waals surface area contributed by atoms with Crippen molar-refractivity contribution in [1.82, 2.24) is 14.7 Å². The van der Waals surface area contributed by atoms with Gasteiger partial charge in [0.15, 0.2) is 0 Å². The Hall–Kier alpha value is -3.12. The quantitative estimate of drug-likeness (QED) is 0.546. The van der Waals surface area contributed by atoms with Gasteiger partial charge in [0.25, 0.3) is 0 Å². The second-order valence-electron chi connectivity index (χ2n) is 7.54. The minimum Gasteiger partial charge on any atom is -0.422 e. The Morgan fingerprint density at radius 3 is 2.93 bits per heavy atom. The van der Waals surface area contributed by atoms with Gasteiger partial charge in [0.2, 0.25) is 0 Å². The average Bonchev–Trinajstić information content (AvgIpc) is 3.06. The van der Waals surface area contributed by atoms with Crippen molar-refractivity contribution in [1.29, 1.82) is 0 Å². The number of nitrogens with one attached hydrogen (secondary N) is 1. The van der Waals surface area contributed by atoms with Crippen LogP contribution in [0.2, 0.25) is 0 Å². The van der Waals surface area contributed by atoms with E-state index in [0.717, 1.165) is 47.6 Å². The van der Waals surface area contributed by atoms with Crippen LogP contribution in [0.15, 0.2) is 58.0 Å². The summed E-state index contributed by atoms with van der Waals surface area (Å²) in [5, 5.41) is 4.37. The van der Waals surface area contributed by atoms with Crippen molar-refractivity contribution < 1.29 is 4.42 Å². The molecule has 1 N–H and O–H groups in total. The lowest BCUT2D eigenvalue weighted by Crippen LogP contribution is -2.49. The van der Waals surface area contributed by atoms with E-state index in [1.54, 1.807) is 0 Å². The van der Waals surface area contributed by atoms with Gasteiger partial charge >= 0.3 is 5.63 Å². The predicted molar refractivity (Wildman–Crippen MR) is 111 cm³/mol. The van der Waals surface area contributed by atoms with Crippen LogP contribution in [0.25, 0.3) is 27.7 Å². The number of aromatic nitrogens is 2. The second kappa shape index (κ2) is 6.49. The standard InChI is InChI=1S/C22H22N4O2/c1-14-11-25(8-7-23-14)18-5-3-16-9-19(22(27)28-20(16)10-18)17-4-6-21-24-15(2)12-26(21)13-17/h3-6,9-10,12-14,23H,7-8,11H2,1-2H3. The maximum atomic E-state index is 12.7. The topological polar surface area (TPSA) is 62.8 Å². The van der Waals surface area contributed by atoms with Gasteiger partial charge in [0, 0.05) is 60.8 Å². The highest BCUT2D eigenvalue weighted by molar-refractivity contribution is 5.84. The molecule has 142 valence electrons. The third-order valence-electron chi connectivity index (χ3n) is 5.34. The molecule has 4 aromatic rings. The summed E-state index contributed by atoms with van der Waals surface area (Å²) in [6.45, 7) is 6.98. The van der Waals surface area contributed by atoms with E-state index in [1.165, 1.54) is 0 Å². The summed E-state index contributed by atoms with van der Waals surface area (Å²) in [7, 11) is 0. The summed E-state index contributed by atoms with van der Waals surface area (Å²) in [5.41, 5.74) is 4.57. The van der Waals surface area contributed by atoms with E-state index in [4.69, 9.17) is 4.42 Å². The molecular weight excluding hydrogens is 352 g/mol. The Labute approximate surface area is 162 Å². The van der Waals surface area contributed by atoms with Gasteiger partial charge in [-0.25, -0.2) is 9.78 Å². The Bertz CT molecular complexity index is 1240. The molecule has 3 aromatic heterocycles. The van der Waals surface area contributed by atoms with Gasteiger partial charge in [-0.05, 0) is 44.2 Å². The van der Waals surface area contributed by atoms with Gasteiger partial charge < -0.3 is 19.0 Å². The molecule has 0 bridgehead atoms. The van der Waals surface area contributed by atoms with Crippen LogP contribution in [0.1, 0.15) is 12.6 Å². The lowest BCUT2D eigenvalue weighted by Gasteiger charge is -2.33. The fraction of sp³-hybridized carbons (Fsp3) is 0.273. The average molecular weight is 374 g/mol. The largest absolute Gasteiger partial charge is 0.422 e. The number of fused-ring (bicyclic) bond motifs is 2. The number of piperazine rings is 1. The molecule has 1 unspecified atom stereocenters. The molecule has 0 amide bonds. The molecule has 1 aliphatic heterocycles. The third-order valence-corrected chi connectivity index (χ3v) is 5.34. The van der Waals surface area contributed by atoms with E-state index in [9.17, 15) is 4.79 Å². The Balaban J connectivity index is 1.56. The number of hydrogen-bond donors (Lipinski definition) is 1. The third kappa shape index (κ3) is 2.96. The van der Waals surface area contributed by atoms with E-state index in [-0.39, 0.29) is 5.63 Å². The van der Waals surface area contributed by atoms with E-state index >= 15 is 0 Å². The van der Waals surface area contributed by atoms with Crippen LogP contribution in [-0.2, 0) is 0 Å². The van der Waals surface area contributed by atoms with Crippen molar-refractivity contribution in [3.05, 3.63) is 64.9 Å². The molecule has 6 heteroatoms. The Kier molecular flexibility index (Phi) is 3.94. The molecule has 6 nitrogen and oxygen atoms in total. The normalized spacial score (nSPS) is 17.5. The van der Waals surface area contributed by atoms with Gasteiger partial charge in [0.05, 0.1) is 11.3 Å². The molecule has 0 saturated carbocycles. The van der Waals surface area contributed by atoms with E-state index in [2.05, 4.69) is 28.2 Å². The SMILES string of the molecule is Cc1cn2cc(-c3cc4ccc(N5CCNC(C)C5)cc4oc3=O)ccc2n1. The van der Waals surface area contributed by atoms with E-state index in [0.29, 0.717) is 17.2 Å². The van der Waals surface area contributed by atoms with E-state index < -0.39 is 0 Å². The molecule has 4 heterocycles. The van der Waals surface area contributed by atoms with Crippen LogP contribution in [0, 0.1) is 6.92 Å². The van der Waals surface area contributed by atoms with Gasteiger partial charge in [-0.1, -0.05) is 0 Å². The van der Waals surface area contributed by atoms with Gasteiger partial charge in [-0.3, -0.25) is 0 Å². The molecule has 1 saturated heterocycles. The molecule has 1 aromatic carbocycles. The van der Waals surface area contributed by atoms with Crippen LogP contribution in [0.3, 0.4) is 0 Å². The van der Waals surface area contributed by atoms with Gasteiger partial charge in [-0.2, -0.15) is 0 Å². The fourth-order valence-corrected chi connectivity index (χ4v) is 3.94. The highest BCUT2D eigenvalue weighted by Gasteiger charge is 2.17. The zero-order chi connectivity index (χ0) is 19.3. The summed E-state index contributed by atoms with van der Waals surface area (Å²) in [4.78, 5) is 19.5. The van der Waals surface area contributed by atoms with E-state index in [1.807, 2.05) is 54.0 Å². The molecule has 1 atom stereocenters. The number of anilines is 1. The molecule has 28 heavy (non-hydrogen) atoms. The number of rotatable bonds is 2. The van der Waals surface area contributed by atoms with Crippen LogP contribution in [-0.4, -0.2) is 35.1 Å². The lowest BCUT2D eigenvalue weighted by molar-refractivity contribution is 0.484. The summed E-state index contributed by atoms with van der Waals surface area (Å²) in [5.74, 6) is 0. The first-order valence-electron chi connectivity index (χ1n) is 9.59. The van der Waals surface area contributed by atoms with Gasteiger partial charge in [0.1, 0.15) is 11.2 Å². The maximum Gasteiger partial charge on any atom is 0.344 e. The van der Waals surface area contributed by atoms with Crippen molar-refractivity contribution in [2.45, 2.75) is 19.9 Å². The van der Waals surface area contributed by atoms with Crippen LogP contribution in [0.5, 0.6) is 0 Å². The smallest absolute Gasteiger partial charge is 0.344 e. The van der Waals surface area contributed by atoms with Crippen molar-refractivity contribution in [3.8, 4) is 11.1 Å². The molecule has 0 spiro atoms. The highest BCUT2D eigenvalue weighted by atomic mass is 16.4. The predicted octanol–water partition coefficient (Wildman–Crippen LogP) is 3.21. The van der Waals surface area contributed by atoms with Crippen molar-refractivity contribution >= 4 is 22.3 Å². The molecule has 1 fully saturated rings. The number of pyridine rings is 1. The summed E-state index contributed by atoms with van der Waals surface area (Å²) in [6.07, 6.45) is 3.87. The number of hydrogen-bond acceptors (Lipinski definition) is 5. The zero-order valence-corrected chi connectivity index (χ0v) is 16.0. The minimum absolute atomic E-state index is 0.325. The van der Waals surface area contributed by atoms with Crippen molar-refractivity contribution in [2.24, 2.45) is 0 Å². The molecule has 0 radical (unpaired) electrons. The molecule has 0 aliphatic carbocycles. The summed E-state index contributed by atoms with van der Waals surface area (Å²) >= 11 is 0. The molecule has 1 aliphatic rings. The second-order valence-corrected chi connectivity index (χ2v) is 7.54. The minimum atomic E-state index is -0.325. The van der Waals surface area contributed by atoms with Crippen LogP contribution < -0.4 is 15.8 Å². The first-order chi connectivity index (χ1) is 13.6. The maximum absolute atomic E-state index is 12.7. The number of aryl methyl sites for hydroxylation is 1. The summed E-state index contributed by atoms with van der Waals surface area (Å²) in [6, 6.07) is 12.3. The lowest BCUT2D eigenvalue weighted by atomic mass is 10.1. The number of nitrogens with zero attached hydrogens (tertiary/aromatic N) is 3. The Morgan fingerprint density at radius 1 is 1.18 bits per heavy atom. The first-order valence-corrected chi connectivity index (χ1v) is 9.59. The monoisotopic (exact) mass is 374 g/mol. The number of imidazole rings is 1. The molecular formula is C22H22N4O2. The van der Waals surface area contributed by atoms with Crippen molar-refractivity contribution in [3.63, 3.8) is 0 Å². The van der Waals surface area contributed by atoms with Crippen LogP contribution in [0.4, 0.5) is 5.69 Å². The zero-order valence-electron chi connectivity index (χ0n) is 16.0. The first kappa shape index (κ1) is 17.0. The highest BCUT2D eigenvalue weighted by Crippen LogP contribution is 2.26. The fourth-order valence-electron chi connectivity index (χ4n) is 3.94.